The molecule has 86 valence electrons. The van der Waals surface area contributed by atoms with Gasteiger partial charge in [-0.05, 0) is 34.1 Å². The molecule has 1 aliphatic heterocycles. The number of rotatable bonds is 1. The molecule has 1 aromatic rings. The van der Waals surface area contributed by atoms with Gasteiger partial charge in [0.2, 0.25) is 0 Å². The quantitative estimate of drug-likeness (QED) is 0.635. The van der Waals surface area contributed by atoms with Crippen LogP contribution in [0.25, 0.3) is 0 Å². The second-order valence-electron chi connectivity index (χ2n) is 3.58. The van der Waals surface area contributed by atoms with Crippen LogP contribution in [0.1, 0.15) is 5.56 Å². The predicted molar refractivity (Wildman–Crippen MR) is 63.3 cm³/mol. The Kier molecular flexibility index (Phi) is 3.56. The molecule has 5 heteroatoms. The highest BCUT2D eigenvalue weighted by Gasteiger charge is 2.15. The van der Waals surface area contributed by atoms with Gasteiger partial charge in [0.25, 0.3) is 0 Å². The third-order valence-corrected chi connectivity index (χ3v) is 3.13. The van der Waals surface area contributed by atoms with Gasteiger partial charge in [-0.1, -0.05) is 0 Å². The zero-order valence-electron chi connectivity index (χ0n) is 8.67. The summed E-state index contributed by atoms with van der Waals surface area (Å²) in [6.45, 7) is 2.72. The zero-order valence-corrected chi connectivity index (χ0v) is 10.3. The second-order valence-corrected chi connectivity index (χ2v) is 4.43. The summed E-state index contributed by atoms with van der Waals surface area (Å²) in [5.74, 6) is 0.113. The molecule has 0 bridgehead atoms. The van der Waals surface area contributed by atoms with Gasteiger partial charge in [0.05, 0.1) is 17.7 Å². The lowest BCUT2D eigenvalue weighted by Gasteiger charge is -2.29. The fourth-order valence-electron chi connectivity index (χ4n) is 1.61. The van der Waals surface area contributed by atoms with Crippen molar-refractivity contribution in [2.75, 3.05) is 26.3 Å². The minimum Gasteiger partial charge on any atom is -0.378 e. The maximum absolute atomic E-state index is 13.1. The summed E-state index contributed by atoms with van der Waals surface area (Å²) in [6, 6.07) is 4.62. The van der Waals surface area contributed by atoms with Gasteiger partial charge in [-0.15, -0.1) is 0 Å². The molecule has 0 unspecified atom stereocenters. The van der Waals surface area contributed by atoms with Crippen molar-refractivity contribution in [1.82, 2.24) is 4.90 Å². The van der Waals surface area contributed by atoms with Crippen LogP contribution in [0.2, 0.25) is 0 Å². The number of hydrogen-bond acceptors (Lipinski definition) is 2. The van der Waals surface area contributed by atoms with Crippen LogP contribution >= 0.6 is 15.9 Å². The monoisotopic (exact) mass is 286 g/mol. The summed E-state index contributed by atoms with van der Waals surface area (Å²) in [5, 5.41) is 8.02. The molecule has 2 rings (SSSR count). The Bertz CT molecular complexity index is 405. The standard InChI is InChI=1S/C11H12BrFN2O/c12-9-7-8(1-2-10(9)13)11(14)15-3-5-16-6-4-15/h1-2,7,14H,3-6H2. The Labute approximate surface area is 102 Å². The average molecular weight is 287 g/mol. The summed E-state index contributed by atoms with van der Waals surface area (Å²) >= 11 is 3.12. The van der Waals surface area contributed by atoms with E-state index >= 15 is 0 Å². The molecule has 0 atom stereocenters. The van der Waals surface area contributed by atoms with Crippen LogP contribution in [0.4, 0.5) is 4.39 Å². The molecule has 0 amide bonds. The van der Waals surface area contributed by atoms with Crippen LogP contribution in [-0.2, 0) is 4.74 Å². The van der Waals surface area contributed by atoms with E-state index in [-0.39, 0.29) is 5.82 Å². The van der Waals surface area contributed by atoms with Crippen LogP contribution < -0.4 is 0 Å². The minimum absolute atomic E-state index is 0.307. The Hall–Kier alpha value is -0.940. The fourth-order valence-corrected chi connectivity index (χ4v) is 1.99. The minimum atomic E-state index is -0.307. The Morgan fingerprint density at radius 3 is 2.69 bits per heavy atom. The molecule has 3 nitrogen and oxygen atoms in total. The van der Waals surface area contributed by atoms with Crippen molar-refractivity contribution in [2.24, 2.45) is 0 Å². The van der Waals surface area contributed by atoms with E-state index < -0.39 is 0 Å². The molecule has 0 aromatic heterocycles. The van der Waals surface area contributed by atoms with Crippen molar-refractivity contribution in [2.45, 2.75) is 0 Å². The zero-order chi connectivity index (χ0) is 11.5. The van der Waals surface area contributed by atoms with Crippen LogP contribution in [0.3, 0.4) is 0 Å². The van der Waals surface area contributed by atoms with E-state index in [1.807, 2.05) is 4.90 Å². The highest BCUT2D eigenvalue weighted by atomic mass is 79.9. The molecule has 1 aromatic carbocycles. The van der Waals surface area contributed by atoms with Gasteiger partial charge >= 0.3 is 0 Å². The van der Waals surface area contributed by atoms with Crippen LogP contribution in [-0.4, -0.2) is 37.0 Å². The highest BCUT2D eigenvalue weighted by Crippen LogP contribution is 2.18. The van der Waals surface area contributed by atoms with Crippen molar-refractivity contribution < 1.29 is 9.13 Å². The van der Waals surface area contributed by atoms with Crippen molar-refractivity contribution in [3.8, 4) is 0 Å². The molecule has 16 heavy (non-hydrogen) atoms. The second kappa shape index (κ2) is 4.93. The number of nitrogens with zero attached hydrogens (tertiary/aromatic N) is 1. The van der Waals surface area contributed by atoms with Gasteiger partial charge in [-0.3, -0.25) is 5.41 Å². The maximum Gasteiger partial charge on any atom is 0.137 e. The maximum atomic E-state index is 13.1. The van der Waals surface area contributed by atoms with Gasteiger partial charge in [-0.2, -0.15) is 0 Å². The molecular formula is C11H12BrFN2O. The molecular weight excluding hydrogens is 275 g/mol. The summed E-state index contributed by atoms with van der Waals surface area (Å²) in [7, 11) is 0. The van der Waals surface area contributed by atoms with Gasteiger partial charge in [0.1, 0.15) is 11.7 Å². The first kappa shape index (κ1) is 11.5. The lowest BCUT2D eigenvalue weighted by atomic mass is 10.2. The van der Waals surface area contributed by atoms with E-state index in [0.717, 1.165) is 5.56 Å². The van der Waals surface area contributed by atoms with Crippen molar-refractivity contribution in [1.29, 1.82) is 5.41 Å². The molecule has 1 N–H and O–H groups in total. The number of nitrogens with one attached hydrogen (secondary N) is 1. The van der Waals surface area contributed by atoms with Crippen LogP contribution in [0.15, 0.2) is 22.7 Å². The van der Waals surface area contributed by atoms with Crippen molar-refractivity contribution in [3.05, 3.63) is 34.1 Å². The summed E-state index contributed by atoms with van der Waals surface area (Å²) in [6.07, 6.45) is 0. The summed E-state index contributed by atoms with van der Waals surface area (Å²) < 4.78 is 18.7. The first-order valence-corrected chi connectivity index (χ1v) is 5.84. The number of ether oxygens (including phenoxy) is 1. The van der Waals surface area contributed by atoms with Gasteiger partial charge in [0, 0.05) is 18.7 Å². The third-order valence-electron chi connectivity index (χ3n) is 2.52. The van der Waals surface area contributed by atoms with E-state index in [2.05, 4.69) is 15.9 Å². The van der Waals surface area contributed by atoms with Crippen molar-refractivity contribution >= 4 is 21.8 Å². The fraction of sp³-hybridized carbons (Fsp3) is 0.364. The summed E-state index contributed by atoms with van der Waals surface area (Å²) in [4.78, 5) is 1.93. The van der Waals surface area contributed by atoms with Crippen LogP contribution in [0.5, 0.6) is 0 Å². The van der Waals surface area contributed by atoms with E-state index in [1.165, 1.54) is 6.07 Å². The number of amidine groups is 1. The molecule has 1 saturated heterocycles. The Balaban J connectivity index is 2.16. The topological polar surface area (TPSA) is 36.3 Å². The molecule has 0 saturated carbocycles. The van der Waals surface area contributed by atoms with Crippen LogP contribution in [0, 0.1) is 11.2 Å². The Morgan fingerprint density at radius 2 is 2.06 bits per heavy atom. The number of benzene rings is 1. The lowest BCUT2D eigenvalue weighted by Crippen LogP contribution is -2.40. The first-order chi connectivity index (χ1) is 7.68. The van der Waals surface area contributed by atoms with Gasteiger partial charge < -0.3 is 9.64 Å². The third kappa shape index (κ3) is 2.41. The van der Waals surface area contributed by atoms with Gasteiger partial charge in [-0.25, -0.2) is 4.39 Å². The average Bonchev–Trinajstić information content (AvgIpc) is 2.33. The summed E-state index contributed by atoms with van der Waals surface area (Å²) in [5.41, 5.74) is 0.718. The largest absolute Gasteiger partial charge is 0.378 e. The predicted octanol–water partition coefficient (Wildman–Crippen LogP) is 2.25. The number of hydrogen-bond donors (Lipinski definition) is 1. The molecule has 1 heterocycles. The van der Waals surface area contributed by atoms with E-state index in [4.69, 9.17) is 10.1 Å². The lowest BCUT2D eigenvalue weighted by molar-refractivity contribution is 0.0680. The Morgan fingerprint density at radius 1 is 1.38 bits per heavy atom. The number of halogens is 2. The molecule has 1 aliphatic rings. The highest BCUT2D eigenvalue weighted by molar-refractivity contribution is 9.10. The molecule has 1 fully saturated rings. The SMILES string of the molecule is N=C(c1ccc(F)c(Br)c1)N1CCOCC1. The van der Waals surface area contributed by atoms with Crippen molar-refractivity contribution in [3.63, 3.8) is 0 Å². The number of morpholine rings is 1. The smallest absolute Gasteiger partial charge is 0.137 e. The van der Waals surface area contributed by atoms with E-state index in [9.17, 15) is 4.39 Å². The molecule has 0 radical (unpaired) electrons. The normalized spacial score (nSPS) is 16.2. The molecule has 0 spiro atoms. The van der Waals surface area contributed by atoms with E-state index in [1.54, 1.807) is 12.1 Å². The van der Waals surface area contributed by atoms with Gasteiger partial charge in [0.15, 0.2) is 0 Å². The van der Waals surface area contributed by atoms with E-state index in [0.29, 0.717) is 36.6 Å². The molecule has 0 aliphatic carbocycles. The first-order valence-electron chi connectivity index (χ1n) is 5.05.